The van der Waals surface area contributed by atoms with Crippen LogP contribution < -0.4 is 16.0 Å². The molecule has 4 amide bonds. The highest BCUT2D eigenvalue weighted by Crippen LogP contribution is 2.27. The molecule has 1 saturated heterocycles. The molecule has 1 unspecified atom stereocenters. The maximum atomic E-state index is 14.2. The zero-order chi connectivity index (χ0) is 38.7. The van der Waals surface area contributed by atoms with Crippen LogP contribution in [-0.2, 0) is 36.9 Å². The summed E-state index contributed by atoms with van der Waals surface area (Å²) < 4.78 is 12.9. The van der Waals surface area contributed by atoms with E-state index in [1.807, 2.05) is 71.6 Å². The van der Waals surface area contributed by atoms with E-state index in [0.29, 0.717) is 19.0 Å². The van der Waals surface area contributed by atoms with Crippen molar-refractivity contribution in [1.82, 2.24) is 25.1 Å². The standard InChI is InChI=1S/C42H52N6O6/c1-41(2,3)54-40(52)46-42(4,5)39(51)44-34(28-53-27-32-17-11-7-12-18-32)37(49)45-35-26-48(29-43-35)36(33-19-13-8-14-20-33)38(50)47-23-21-31(22-24-47)25-30-15-9-6-10-16-30/h6-20,26,29,31,34,36H,21-25,27-28H2,1-5H3,(H,44,51)(H,45,49)(H,46,52)/t34-,36?/m1/s1. The fraction of sp³-hybridized carbons (Fsp3) is 0.405. The summed E-state index contributed by atoms with van der Waals surface area (Å²) in [7, 11) is 0. The normalized spacial score (nSPS) is 14.8. The number of carbonyl (C=O) groups is 4. The van der Waals surface area contributed by atoms with Gasteiger partial charge in [0.15, 0.2) is 5.82 Å². The molecule has 0 radical (unpaired) electrons. The summed E-state index contributed by atoms with van der Waals surface area (Å²) in [6, 6.07) is 27.5. The summed E-state index contributed by atoms with van der Waals surface area (Å²) in [5.41, 5.74) is 0.801. The van der Waals surface area contributed by atoms with Gasteiger partial charge in [0.25, 0.3) is 5.91 Å². The average Bonchev–Trinajstić information content (AvgIpc) is 3.59. The molecule has 3 N–H and O–H groups in total. The largest absolute Gasteiger partial charge is 0.444 e. The lowest BCUT2D eigenvalue weighted by molar-refractivity contribution is -0.135. The number of rotatable bonds is 14. The first-order valence-electron chi connectivity index (χ1n) is 18.4. The molecule has 2 atom stereocenters. The third-order valence-corrected chi connectivity index (χ3v) is 9.19. The molecule has 4 aromatic rings. The minimum absolute atomic E-state index is 0.0474. The predicted molar refractivity (Wildman–Crippen MR) is 206 cm³/mol. The van der Waals surface area contributed by atoms with E-state index in [4.69, 9.17) is 9.47 Å². The van der Waals surface area contributed by atoms with E-state index >= 15 is 0 Å². The van der Waals surface area contributed by atoms with Gasteiger partial charge < -0.3 is 34.9 Å². The number of imidazole rings is 1. The molecule has 0 aliphatic carbocycles. The van der Waals surface area contributed by atoms with E-state index in [1.165, 1.54) is 25.7 Å². The van der Waals surface area contributed by atoms with E-state index in [9.17, 15) is 19.2 Å². The zero-order valence-corrected chi connectivity index (χ0v) is 31.8. The topological polar surface area (TPSA) is 144 Å². The zero-order valence-electron chi connectivity index (χ0n) is 31.8. The Morgan fingerprint density at radius 2 is 1.43 bits per heavy atom. The smallest absolute Gasteiger partial charge is 0.408 e. The van der Waals surface area contributed by atoms with Crippen LogP contribution in [0.5, 0.6) is 0 Å². The Morgan fingerprint density at radius 1 is 0.833 bits per heavy atom. The van der Waals surface area contributed by atoms with Gasteiger partial charge >= 0.3 is 6.09 Å². The molecular formula is C42H52N6O6. The first-order valence-corrected chi connectivity index (χ1v) is 18.4. The van der Waals surface area contributed by atoms with Crippen molar-refractivity contribution < 1.29 is 28.7 Å². The Bertz CT molecular complexity index is 1830. The highest BCUT2D eigenvalue weighted by Gasteiger charge is 2.35. The lowest BCUT2D eigenvalue weighted by atomic mass is 9.89. The minimum Gasteiger partial charge on any atom is -0.444 e. The van der Waals surface area contributed by atoms with Gasteiger partial charge in [0.1, 0.15) is 23.2 Å². The van der Waals surface area contributed by atoms with Gasteiger partial charge in [-0.3, -0.25) is 14.4 Å². The molecule has 5 rings (SSSR count). The molecule has 3 aromatic carbocycles. The Kier molecular flexibility index (Phi) is 13.3. The maximum absolute atomic E-state index is 14.2. The number of nitrogens with zero attached hydrogens (tertiary/aromatic N) is 3. The Labute approximate surface area is 317 Å². The Morgan fingerprint density at radius 3 is 2.04 bits per heavy atom. The summed E-state index contributed by atoms with van der Waals surface area (Å²) in [6.07, 6.45) is 5.20. The number of hydrogen-bond donors (Lipinski definition) is 3. The first-order chi connectivity index (χ1) is 25.8. The van der Waals surface area contributed by atoms with Crippen LogP contribution in [0.1, 0.15) is 70.2 Å². The molecular weight excluding hydrogens is 684 g/mol. The number of likely N-dealkylation sites (tertiary alicyclic amines) is 1. The van der Waals surface area contributed by atoms with Crippen molar-refractivity contribution in [3.8, 4) is 0 Å². The summed E-state index contributed by atoms with van der Waals surface area (Å²) >= 11 is 0. The second-order valence-corrected chi connectivity index (χ2v) is 15.2. The van der Waals surface area contributed by atoms with Gasteiger partial charge in [-0.05, 0) is 76.5 Å². The van der Waals surface area contributed by atoms with E-state index in [2.05, 4.69) is 45.2 Å². The van der Waals surface area contributed by atoms with Gasteiger partial charge in [-0.15, -0.1) is 0 Å². The van der Waals surface area contributed by atoms with Crippen LogP contribution in [0.2, 0.25) is 0 Å². The van der Waals surface area contributed by atoms with Gasteiger partial charge in [0.05, 0.1) is 19.5 Å². The van der Waals surface area contributed by atoms with Gasteiger partial charge in [0.2, 0.25) is 11.8 Å². The summed E-state index contributed by atoms with van der Waals surface area (Å²) in [6.45, 7) is 9.54. The van der Waals surface area contributed by atoms with Gasteiger partial charge in [-0.1, -0.05) is 91.0 Å². The van der Waals surface area contributed by atoms with E-state index in [0.717, 1.165) is 30.4 Å². The third kappa shape index (κ3) is 11.5. The molecule has 2 heterocycles. The summed E-state index contributed by atoms with van der Waals surface area (Å²) in [4.78, 5) is 60.3. The van der Waals surface area contributed by atoms with Crippen molar-refractivity contribution in [3.63, 3.8) is 0 Å². The number of alkyl carbamates (subject to hydrolysis) is 1. The molecule has 12 nitrogen and oxygen atoms in total. The Balaban J connectivity index is 1.28. The minimum atomic E-state index is -1.43. The third-order valence-electron chi connectivity index (χ3n) is 9.19. The van der Waals surface area contributed by atoms with Crippen molar-refractivity contribution in [2.45, 2.75) is 83.7 Å². The molecule has 1 aromatic heterocycles. The van der Waals surface area contributed by atoms with Crippen molar-refractivity contribution in [2.24, 2.45) is 5.92 Å². The number of hydrogen-bond acceptors (Lipinski definition) is 7. The van der Waals surface area contributed by atoms with Crippen LogP contribution in [0.25, 0.3) is 0 Å². The van der Waals surface area contributed by atoms with Crippen molar-refractivity contribution in [2.75, 3.05) is 25.0 Å². The monoisotopic (exact) mass is 736 g/mol. The van der Waals surface area contributed by atoms with E-state index in [-0.39, 0.29) is 24.9 Å². The molecule has 0 spiro atoms. The fourth-order valence-corrected chi connectivity index (χ4v) is 6.32. The number of ether oxygens (including phenoxy) is 2. The number of aromatic nitrogens is 2. The quantitative estimate of drug-likeness (QED) is 0.146. The summed E-state index contributed by atoms with van der Waals surface area (Å²) in [5, 5.41) is 8.09. The number of nitrogens with one attached hydrogen (secondary N) is 3. The number of anilines is 1. The SMILES string of the molecule is CC(C)(C)OC(=O)NC(C)(C)C(=O)N[C@H](COCc1ccccc1)C(=O)Nc1cn(C(C(=O)N2CCC(Cc3ccccc3)CC2)c2ccccc2)cn1. The maximum Gasteiger partial charge on any atom is 0.408 e. The highest BCUT2D eigenvalue weighted by molar-refractivity contribution is 5.98. The Hall–Kier alpha value is -5.49. The van der Waals surface area contributed by atoms with Crippen LogP contribution in [0, 0.1) is 5.92 Å². The number of benzene rings is 3. The molecule has 0 saturated carbocycles. The second kappa shape index (κ2) is 18.0. The summed E-state index contributed by atoms with van der Waals surface area (Å²) in [5.74, 6) is -0.551. The van der Waals surface area contributed by atoms with Gasteiger partial charge in [-0.25, -0.2) is 9.78 Å². The van der Waals surface area contributed by atoms with Crippen LogP contribution >= 0.6 is 0 Å². The van der Waals surface area contributed by atoms with Crippen LogP contribution in [0.4, 0.5) is 10.6 Å². The van der Waals surface area contributed by atoms with Crippen LogP contribution in [0.15, 0.2) is 104 Å². The van der Waals surface area contributed by atoms with Crippen molar-refractivity contribution >= 4 is 29.6 Å². The van der Waals surface area contributed by atoms with E-state index < -0.39 is 41.1 Å². The lowest BCUT2D eigenvalue weighted by Crippen LogP contribution is -2.59. The number of piperidine rings is 1. The van der Waals surface area contributed by atoms with Crippen LogP contribution in [0.3, 0.4) is 0 Å². The van der Waals surface area contributed by atoms with Gasteiger partial charge in [-0.2, -0.15) is 0 Å². The second-order valence-electron chi connectivity index (χ2n) is 15.2. The molecule has 286 valence electrons. The number of carbonyl (C=O) groups excluding carboxylic acids is 4. The lowest BCUT2D eigenvalue weighted by Gasteiger charge is -2.34. The van der Waals surface area contributed by atoms with Crippen molar-refractivity contribution in [3.05, 3.63) is 120 Å². The molecule has 54 heavy (non-hydrogen) atoms. The first kappa shape index (κ1) is 39.7. The molecule has 0 bridgehead atoms. The average molecular weight is 737 g/mol. The number of amides is 4. The van der Waals surface area contributed by atoms with Crippen LogP contribution in [-0.4, -0.2) is 75.1 Å². The molecule has 12 heteroatoms. The predicted octanol–water partition coefficient (Wildman–Crippen LogP) is 5.90. The van der Waals surface area contributed by atoms with Gasteiger partial charge in [0, 0.05) is 19.3 Å². The van der Waals surface area contributed by atoms with Crippen molar-refractivity contribution in [1.29, 1.82) is 0 Å². The molecule has 1 aliphatic heterocycles. The fourth-order valence-electron chi connectivity index (χ4n) is 6.32. The van der Waals surface area contributed by atoms with E-state index in [1.54, 1.807) is 31.5 Å². The highest BCUT2D eigenvalue weighted by atomic mass is 16.6. The molecule has 1 aliphatic rings. The molecule has 1 fully saturated rings.